The van der Waals surface area contributed by atoms with Crippen LogP contribution >= 0.6 is 11.3 Å². The van der Waals surface area contributed by atoms with Crippen molar-refractivity contribution >= 4 is 33.2 Å². The molecule has 0 bridgehead atoms. The van der Waals surface area contributed by atoms with Crippen molar-refractivity contribution in [3.8, 4) is 0 Å². The summed E-state index contributed by atoms with van der Waals surface area (Å²) < 4.78 is 1.16. The van der Waals surface area contributed by atoms with Crippen molar-refractivity contribution in [2.75, 3.05) is 32.7 Å². The smallest absolute Gasteiger partial charge is 0.264 e. The average Bonchev–Trinajstić information content (AvgIpc) is 3.04. The fraction of sp³-hybridized carbons (Fsp3) is 0.524. The van der Waals surface area contributed by atoms with Crippen LogP contribution in [0.15, 0.2) is 24.3 Å². The van der Waals surface area contributed by atoms with Crippen LogP contribution in [0.3, 0.4) is 0 Å². The Hall–Kier alpha value is -1.92. The maximum Gasteiger partial charge on any atom is 0.264 e. The number of nitrogens with one attached hydrogen (secondary N) is 1. The Balaban J connectivity index is 1.40. The largest absolute Gasteiger partial charge is 0.339 e. The van der Waals surface area contributed by atoms with Gasteiger partial charge < -0.3 is 15.1 Å². The van der Waals surface area contributed by atoms with Crippen LogP contribution in [0.1, 0.15) is 35.0 Å². The number of thiophene rings is 1. The predicted octanol–water partition coefficient (Wildman–Crippen LogP) is 2.88. The number of piperazine rings is 1. The molecule has 1 aromatic carbocycles. The molecule has 5 nitrogen and oxygen atoms in total. The van der Waals surface area contributed by atoms with Crippen LogP contribution in [0.5, 0.6) is 0 Å². The third kappa shape index (κ3) is 3.60. The third-order valence-corrected chi connectivity index (χ3v) is 7.15. The Kier molecular flexibility index (Phi) is 5.19. The van der Waals surface area contributed by atoms with Gasteiger partial charge in [0.2, 0.25) is 5.91 Å². The second-order valence-corrected chi connectivity index (χ2v) is 8.80. The summed E-state index contributed by atoms with van der Waals surface area (Å²) >= 11 is 1.58. The van der Waals surface area contributed by atoms with E-state index >= 15 is 0 Å². The van der Waals surface area contributed by atoms with Gasteiger partial charge in [0.25, 0.3) is 5.91 Å². The minimum atomic E-state index is 0.108. The lowest BCUT2D eigenvalue weighted by Gasteiger charge is -2.38. The molecule has 2 atom stereocenters. The average molecular weight is 386 g/mol. The lowest BCUT2D eigenvalue weighted by molar-refractivity contribution is -0.138. The van der Waals surface area contributed by atoms with Gasteiger partial charge in [-0.3, -0.25) is 9.59 Å². The van der Waals surface area contributed by atoms with Gasteiger partial charge in [-0.15, -0.1) is 11.3 Å². The van der Waals surface area contributed by atoms with E-state index in [2.05, 4.69) is 24.4 Å². The maximum absolute atomic E-state index is 13.0. The molecule has 6 heteroatoms. The quantitative estimate of drug-likeness (QED) is 0.865. The molecule has 2 saturated heterocycles. The molecule has 0 aliphatic carbocycles. The van der Waals surface area contributed by atoms with Crippen LogP contribution in [0, 0.1) is 12.8 Å². The van der Waals surface area contributed by atoms with Crippen molar-refractivity contribution in [3.63, 3.8) is 0 Å². The molecular weight excluding hydrogens is 358 g/mol. The highest BCUT2D eigenvalue weighted by atomic mass is 32.1. The van der Waals surface area contributed by atoms with Crippen LogP contribution in [-0.2, 0) is 4.79 Å². The van der Waals surface area contributed by atoms with E-state index in [-0.39, 0.29) is 17.7 Å². The zero-order valence-electron chi connectivity index (χ0n) is 16.0. The molecule has 2 aliphatic heterocycles. The first-order valence-corrected chi connectivity index (χ1v) is 10.7. The molecule has 0 saturated carbocycles. The fourth-order valence-electron chi connectivity index (χ4n) is 4.27. The molecule has 27 heavy (non-hydrogen) atoms. The summed E-state index contributed by atoms with van der Waals surface area (Å²) in [5.41, 5.74) is 1.07. The second kappa shape index (κ2) is 7.60. The number of fused-ring (bicyclic) bond motifs is 1. The number of nitrogens with zero attached hydrogens (tertiary/aromatic N) is 2. The van der Waals surface area contributed by atoms with E-state index in [1.807, 2.05) is 28.9 Å². The maximum atomic E-state index is 13.0. The van der Waals surface area contributed by atoms with Crippen LogP contribution in [0.25, 0.3) is 10.1 Å². The number of carbonyl (C=O) groups excluding carboxylic acids is 2. The summed E-state index contributed by atoms with van der Waals surface area (Å²) in [6, 6.07) is 8.59. The summed E-state index contributed by atoms with van der Waals surface area (Å²) in [5, 5.41) is 4.57. The van der Waals surface area contributed by atoms with Crippen molar-refractivity contribution in [3.05, 3.63) is 34.7 Å². The number of amides is 2. The number of benzene rings is 1. The number of hydrogen-bond acceptors (Lipinski definition) is 4. The van der Waals surface area contributed by atoms with Crippen molar-refractivity contribution in [2.24, 2.45) is 5.92 Å². The van der Waals surface area contributed by atoms with Crippen molar-refractivity contribution in [1.29, 1.82) is 0 Å². The minimum absolute atomic E-state index is 0.108. The summed E-state index contributed by atoms with van der Waals surface area (Å²) in [6.45, 7) is 7.63. The zero-order chi connectivity index (χ0) is 19.0. The highest BCUT2D eigenvalue weighted by Crippen LogP contribution is 2.31. The summed E-state index contributed by atoms with van der Waals surface area (Å²) in [6.07, 6.45) is 1.84. The van der Waals surface area contributed by atoms with Gasteiger partial charge in [-0.2, -0.15) is 0 Å². The summed E-state index contributed by atoms with van der Waals surface area (Å²) in [7, 11) is 0. The van der Waals surface area contributed by atoms with Gasteiger partial charge in [-0.25, -0.2) is 0 Å². The fourth-order valence-corrected chi connectivity index (χ4v) is 5.44. The Bertz CT molecular complexity index is 854. The van der Waals surface area contributed by atoms with Crippen LogP contribution in [-0.4, -0.2) is 60.4 Å². The monoisotopic (exact) mass is 385 g/mol. The van der Waals surface area contributed by atoms with Crippen molar-refractivity contribution in [2.45, 2.75) is 32.7 Å². The van der Waals surface area contributed by atoms with Crippen molar-refractivity contribution in [1.82, 2.24) is 15.1 Å². The molecule has 2 amide bonds. The molecule has 0 radical (unpaired) electrons. The first kappa shape index (κ1) is 18.4. The lowest BCUT2D eigenvalue weighted by atomic mass is 9.92. The number of aryl methyl sites for hydroxylation is 1. The van der Waals surface area contributed by atoms with Crippen LogP contribution in [0.2, 0.25) is 0 Å². The highest BCUT2D eigenvalue weighted by Gasteiger charge is 2.32. The molecular formula is C21H27N3O2S. The Morgan fingerprint density at radius 1 is 1.11 bits per heavy atom. The van der Waals surface area contributed by atoms with E-state index in [0.29, 0.717) is 32.2 Å². The van der Waals surface area contributed by atoms with Gasteiger partial charge in [0.05, 0.1) is 4.88 Å². The molecule has 2 aromatic rings. The van der Waals surface area contributed by atoms with E-state index in [4.69, 9.17) is 0 Å². The first-order valence-electron chi connectivity index (χ1n) is 9.84. The first-order chi connectivity index (χ1) is 13.0. The molecule has 144 valence electrons. The molecule has 0 spiro atoms. The second-order valence-electron chi connectivity index (χ2n) is 7.75. The molecule has 0 unspecified atom stereocenters. The predicted molar refractivity (Wildman–Crippen MR) is 109 cm³/mol. The minimum Gasteiger partial charge on any atom is -0.339 e. The van der Waals surface area contributed by atoms with Crippen molar-refractivity contribution < 1.29 is 9.59 Å². The van der Waals surface area contributed by atoms with E-state index in [0.717, 1.165) is 34.5 Å². The van der Waals surface area contributed by atoms with Gasteiger partial charge in [0.15, 0.2) is 0 Å². The van der Waals surface area contributed by atoms with Crippen LogP contribution in [0.4, 0.5) is 0 Å². The van der Waals surface area contributed by atoms with Gasteiger partial charge >= 0.3 is 0 Å². The van der Waals surface area contributed by atoms with Gasteiger partial charge in [-0.1, -0.05) is 18.2 Å². The zero-order valence-corrected chi connectivity index (χ0v) is 16.8. The number of carbonyl (C=O) groups is 2. The standard InChI is InChI=1S/C21H27N3O2S/c1-14-13-16(7-8-22-14)20(25)23-9-11-24(12-10-23)21(26)19-15(2)17-5-3-4-6-18(17)27-19/h3-6,14,16,22H,7-13H2,1-2H3/t14-,16-/m0/s1. The Labute approximate surface area is 164 Å². The molecule has 2 aliphatic rings. The van der Waals surface area contributed by atoms with Crippen LogP contribution < -0.4 is 5.32 Å². The third-order valence-electron chi connectivity index (χ3n) is 5.89. The summed E-state index contributed by atoms with van der Waals surface area (Å²) in [5.74, 6) is 0.512. The molecule has 4 rings (SSSR count). The van der Waals surface area contributed by atoms with Gasteiger partial charge in [0, 0.05) is 42.8 Å². The normalized spacial score (nSPS) is 23.6. The van der Waals surface area contributed by atoms with E-state index in [1.54, 1.807) is 11.3 Å². The van der Waals surface area contributed by atoms with Gasteiger partial charge in [-0.05, 0) is 50.2 Å². The Morgan fingerprint density at radius 2 is 1.81 bits per heavy atom. The van der Waals surface area contributed by atoms with E-state index in [1.165, 1.54) is 5.39 Å². The summed E-state index contributed by atoms with van der Waals surface area (Å²) in [4.78, 5) is 30.6. The SMILES string of the molecule is Cc1c(C(=O)N2CCN(C(=O)[C@H]3CCN[C@@H](C)C3)CC2)sc2ccccc12. The Morgan fingerprint density at radius 3 is 2.52 bits per heavy atom. The highest BCUT2D eigenvalue weighted by molar-refractivity contribution is 7.21. The molecule has 2 fully saturated rings. The number of rotatable bonds is 2. The number of hydrogen-bond donors (Lipinski definition) is 1. The topological polar surface area (TPSA) is 52.7 Å². The van der Waals surface area contributed by atoms with E-state index < -0.39 is 0 Å². The van der Waals surface area contributed by atoms with E-state index in [9.17, 15) is 9.59 Å². The van der Waals surface area contributed by atoms with Gasteiger partial charge in [0.1, 0.15) is 0 Å². The number of piperidine rings is 1. The lowest BCUT2D eigenvalue weighted by Crippen LogP contribution is -2.53. The molecule has 1 aromatic heterocycles. The molecule has 3 heterocycles. The molecule has 1 N–H and O–H groups in total.